The average molecular weight is 287 g/mol. The van der Waals surface area contributed by atoms with E-state index in [0.717, 1.165) is 4.68 Å². The van der Waals surface area contributed by atoms with Crippen LogP contribution < -0.4 is 16.8 Å². The highest BCUT2D eigenvalue weighted by Crippen LogP contribution is 2.21. The molecule has 3 rings (SSSR count). The van der Waals surface area contributed by atoms with Crippen LogP contribution in [0.3, 0.4) is 0 Å². The average Bonchev–Trinajstić information content (AvgIpc) is 2.48. The largest absolute Gasteiger partial charge is 0.343 e. The number of halogens is 1. The molecule has 6 nitrogen and oxygen atoms in total. The lowest BCUT2D eigenvalue weighted by atomic mass is 10.0. The zero-order valence-electron chi connectivity index (χ0n) is 10.7. The van der Waals surface area contributed by atoms with Crippen molar-refractivity contribution in [2.24, 2.45) is 0 Å². The Bertz CT molecular complexity index is 1000. The van der Waals surface area contributed by atoms with Crippen LogP contribution in [0.4, 0.5) is 4.39 Å². The summed E-state index contributed by atoms with van der Waals surface area (Å²) in [5.74, 6) is -0.364. The highest BCUT2D eigenvalue weighted by Gasteiger charge is 2.08. The second kappa shape index (κ2) is 4.86. The van der Waals surface area contributed by atoms with Crippen molar-refractivity contribution in [2.45, 2.75) is 6.54 Å². The fourth-order valence-corrected chi connectivity index (χ4v) is 2.19. The molecule has 0 saturated heterocycles. The van der Waals surface area contributed by atoms with Gasteiger partial charge in [0.2, 0.25) is 0 Å². The third kappa shape index (κ3) is 2.29. The van der Waals surface area contributed by atoms with Gasteiger partial charge in [-0.25, -0.2) is 13.9 Å². The minimum absolute atomic E-state index is 0.0195. The van der Waals surface area contributed by atoms with Gasteiger partial charge in [-0.3, -0.25) is 19.7 Å². The lowest BCUT2D eigenvalue weighted by molar-refractivity contribution is 0.594. The van der Waals surface area contributed by atoms with Gasteiger partial charge in [-0.2, -0.15) is 0 Å². The molecule has 7 heteroatoms. The van der Waals surface area contributed by atoms with Gasteiger partial charge in [-0.1, -0.05) is 30.3 Å². The second-order valence-corrected chi connectivity index (χ2v) is 4.54. The summed E-state index contributed by atoms with van der Waals surface area (Å²) in [6.45, 7) is 0.0195. The van der Waals surface area contributed by atoms with E-state index < -0.39 is 16.8 Å². The molecule has 0 aliphatic carbocycles. The normalized spacial score (nSPS) is 10.9. The van der Waals surface area contributed by atoms with Crippen LogP contribution in [0.25, 0.3) is 10.8 Å². The maximum absolute atomic E-state index is 13.7. The number of benzene rings is 2. The van der Waals surface area contributed by atoms with E-state index >= 15 is 0 Å². The molecule has 0 amide bonds. The third-order valence-corrected chi connectivity index (χ3v) is 3.20. The molecule has 21 heavy (non-hydrogen) atoms. The molecule has 0 saturated carbocycles. The van der Waals surface area contributed by atoms with E-state index in [9.17, 15) is 18.8 Å². The van der Waals surface area contributed by atoms with Gasteiger partial charge in [-0.15, -0.1) is 0 Å². The number of aromatic nitrogens is 3. The minimum Gasteiger partial charge on any atom is -0.268 e. The second-order valence-electron chi connectivity index (χ2n) is 4.54. The third-order valence-electron chi connectivity index (χ3n) is 3.20. The SMILES string of the molecule is O=c1[nH]c(=O)n(Cc2ccc(F)c3ccccc23)[nH]c1=O. The monoisotopic (exact) mass is 287 g/mol. The number of fused-ring (bicyclic) bond motifs is 1. The first-order valence-corrected chi connectivity index (χ1v) is 6.16. The molecule has 0 unspecified atom stereocenters. The minimum atomic E-state index is -1.000. The number of H-pyrrole nitrogens is 2. The quantitative estimate of drug-likeness (QED) is 0.675. The molecule has 0 spiro atoms. The van der Waals surface area contributed by atoms with Crippen molar-refractivity contribution < 1.29 is 4.39 Å². The highest BCUT2D eigenvalue weighted by molar-refractivity contribution is 5.86. The first kappa shape index (κ1) is 13.0. The van der Waals surface area contributed by atoms with Gasteiger partial charge in [0.15, 0.2) is 0 Å². The summed E-state index contributed by atoms with van der Waals surface area (Å²) in [5.41, 5.74) is -1.99. The van der Waals surface area contributed by atoms with Crippen LogP contribution in [0.2, 0.25) is 0 Å². The molecule has 0 aliphatic heterocycles. The van der Waals surface area contributed by atoms with E-state index in [4.69, 9.17) is 0 Å². The van der Waals surface area contributed by atoms with Crippen LogP contribution in [0, 0.1) is 5.82 Å². The van der Waals surface area contributed by atoms with Crippen LogP contribution in [-0.2, 0) is 6.54 Å². The predicted molar refractivity (Wildman–Crippen MR) is 75.0 cm³/mol. The van der Waals surface area contributed by atoms with Crippen LogP contribution in [0.15, 0.2) is 50.8 Å². The molecule has 0 aliphatic rings. The number of hydrogen-bond acceptors (Lipinski definition) is 3. The molecule has 1 heterocycles. The molecule has 106 valence electrons. The zero-order chi connectivity index (χ0) is 15.0. The van der Waals surface area contributed by atoms with Crippen LogP contribution in [0.5, 0.6) is 0 Å². The van der Waals surface area contributed by atoms with Crippen molar-refractivity contribution >= 4 is 10.8 Å². The topological polar surface area (TPSA) is 87.7 Å². The van der Waals surface area contributed by atoms with Crippen molar-refractivity contribution in [1.29, 1.82) is 0 Å². The molecule has 2 N–H and O–H groups in total. The van der Waals surface area contributed by atoms with E-state index in [1.807, 2.05) is 4.98 Å². The van der Waals surface area contributed by atoms with E-state index in [1.54, 1.807) is 24.3 Å². The predicted octanol–water partition coefficient (Wildman–Crippen LogP) is 0.565. The number of nitrogens with one attached hydrogen (secondary N) is 2. The summed E-state index contributed by atoms with van der Waals surface area (Å²) < 4.78 is 14.7. The van der Waals surface area contributed by atoms with Crippen molar-refractivity contribution in [2.75, 3.05) is 0 Å². The van der Waals surface area contributed by atoms with Crippen molar-refractivity contribution in [3.05, 3.63) is 79.0 Å². The summed E-state index contributed by atoms with van der Waals surface area (Å²) in [7, 11) is 0. The molecule has 0 radical (unpaired) electrons. The first-order chi connectivity index (χ1) is 10.1. The maximum Gasteiger partial charge on any atom is 0.343 e. The van der Waals surface area contributed by atoms with Gasteiger partial charge in [0.25, 0.3) is 0 Å². The van der Waals surface area contributed by atoms with Crippen molar-refractivity contribution in [1.82, 2.24) is 14.8 Å². The Morgan fingerprint density at radius 3 is 2.43 bits per heavy atom. The molecule has 2 aromatic carbocycles. The molecular formula is C14H10FN3O3. The summed E-state index contributed by atoms with van der Waals surface area (Å²) in [5, 5.41) is 3.24. The fraction of sp³-hybridized carbons (Fsp3) is 0.0714. The maximum atomic E-state index is 13.7. The van der Waals surface area contributed by atoms with E-state index in [0.29, 0.717) is 16.3 Å². The van der Waals surface area contributed by atoms with E-state index in [-0.39, 0.29) is 12.4 Å². The fourth-order valence-electron chi connectivity index (χ4n) is 2.19. The lowest BCUT2D eigenvalue weighted by Gasteiger charge is -2.08. The van der Waals surface area contributed by atoms with Crippen molar-refractivity contribution in [3.63, 3.8) is 0 Å². The summed E-state index contributed by atoms with van der Waals surface area (Å²) in [6.07, 6.45) is 0. The lowest BCUT2D eigenvalue weighted by Crippen LogP contribution is -2.43. The standard InChI is InChI=1S/C14H10FN3O3/c15-11-6-5-8(9-3-1-2-4-10(9)11)7-18-14(21)16-12(19)13(20)17-18/h1-6H,7H2,(H,17,20)(H,16,19,21). The van der Waals surface area contributed by atoms with E-state index in [2.05, 4.69) is 5.10 Å². The number of rotatable bonds is 2. The molecule has 0 fully saturated rings. The van der Waals surface area contributed by atoms with Gasteiger partial charge in [0.05, 0.1) is 6.54 Å². The zero-order valence-corrected chi connectivity index (χ0v) is 10.7. The summed E-state index contributed by atoms with van der Waals surface area (Å²) in [4.78, 5) is 35.9. The highest BCUT2D eigenvalue weighted by atomic mass is 19.1. The Balaban J connectivity index is 2.18. The van der Waals surface area contributed by atoms with Crippen LogP contribution in [0.1, 0.15) is 5.56 Å². The number of aromatic amines is 2. The molecular weight excluding hydrogens is 277 g/mol. The van der Waals surface area contributed by atoms with Gasteiger partial charge in [0, 0.05) is 5.39 Å². The van der Waals surface area contributed by atoms with Gasteiger partial charge in [-0.05, 0) is 17.0 Å². The Hall–Kier alpha value is -2.96. The van der Waals surface area contributed by atoms with Gasteiger partial charge in [0.1, 0.15) is 5.82 Å². The van der Waals surface area contributed by atoms with Crippen molar-refractivity contribution in [3.8, 4) is 0 Å². The summed E-state index contributed by atoms with van der Waals surface area (Å²) in [6, 6.07) is 9.65. The van der Waals surface area contributed by atoms with E-state index in [1.165, 1.54) is 12.1 Å². The number of nitrogens with zero attached hydrogens (tertiary/aromatic N) is 1. The number of hydrogen-bond donors (Lipinski definition) is 2. The summed E-state index contributed by atoms with van der Waals surface area (Å²) >= 11 is 0. The Labute approximate surface area is 116 Å². The smallest absolute Gasteiger partial charge is 0.268 e. The Morgan fingerprint density at radius 2 is 1.67 bits per heavy atom. The van der Waals surface area contributed by atoms with Crippen LogP contribution >= 0.6 is 0 Å². The Morgan fingerprint density at radius 1 is 0.952 bits per heavy atom. The molecule has 3 aromatic rings. The first-order valence-electron chi connectivity index (χ1n) is 6.16. The van der Waals surface area contributed by atoms with Gasteiger partial charge >= 0.3 is 16.8 Å². The Kier molecular flexibility index (Phi) is 3.02. The van der Waals surface area contributed by atoms with Gasteiger partial charge < -0.3 is 0 Å². The molecule has 0 atom stereocenters. The molecule has 0 bridgehead atoms. The van der Waals surface area contributed by atoms with Crippen LogP contribution in [-0.4, -0.2) is 14.8 Å². The molecule has 1 aromatic heterocycles.